The zero-order chi connectivity index (χ0) is 22.3. The van der Waals surface area contributed by atoms with E-state index in [0.29, 0.717) is 17.0 Å². The van der Waals surface area contributed by atoms with Crippen molar-refractivity contribution in [3.8, 4) is 11.4 Å². The molecule has 0 spiro atoms. The second-order valence-electron chi connectivity index (χ2n) is 7.84. The summed E-state index contributed by atoms with van der Waals surface area (Å²) in [6, 6.07) is 13.6. The topological polar surface area (TPSA) is 59.7 Å². The molecule has 4 rings (SSSR count). The molecular formula is C25H26N4O2. The molecule has 0 bridgehead atoms. The molecule has 2 heterocycles. The Bertz CT molecular complexity index is 1230. The first kappa shape index (κ1) is 20.6. The Labute approximate surface area is 182 Å². The molecule has 0 saturated heterocycles. The number of ether oxygens (including phenoxy) is 1. The van der Waals surface area contributed by atoms with Crippen molar-refractivity contribution in [3.05, 3.63) is 76.1 Å². The summed E-state index contributed by atoms with van der Waals surface area (Å²) in [5.74, 6) is 0.581. The maximum Gasteiger partial charge on any atom is 0.280 e. The average Bonchev–Trinajstić information content (AvgIpc) is 3.18. The number of aryl methyl sites for hydroxylation is 3. The number of aromatic nitrogens is 2. The van der Waals surface area contributed by atoms with Crippen LogP contribution < -0.4 is 9.75 Å². The van der Waals surface area contributed by atoms with Crippen molar-refractivity contribution in [2.24, 2.45) is 5.10 Å². The van der Waals surface area contributed by atoms with Crippen LogP contribution >= 0.6 is 0 Å². The highest BCUT2D eigenvalue weighted by Gasteiger charge is 2.29. The largest absolute Gasteiger partial charge is 0.497 e. The summed E-state index contributed by atoms with van der Waals surface area (Å²) < 4.78 is 7.15. The third-order valence-electron chi connectivity index (χ3n) is 5.60. The van der Waals surface area contributed by atoms with Crippen molar-refractivity contribution in [2.75, 3.05) is 12.1 Å². The van der Waals surface area contributed by atoms with Crippen molar-refractivity contribution in [2.45, 2.75) is 34.6 Å². The van der Waals surface area contributed by atoms with Crippen molar-refractivity contribution in [1.82, 2.24) is 9.78 Å². The van der Waals surface area contributed by atoms with Gasteiger partial charge in [-0.15, -0.1) is 0 Å². The van der Waals surface area contributed by atoms with Gasteiger partial charge in [0.15, 0.2) is 0 Å². The van der Waals surface area contributed by atoms with Crippen molar-refractivity contribution < 1.29 is 9.53 Å². The number of amides is 1. The molecule has 1 aliphatic heterocycles. The Hall–Kier alpha value is -3.67. The summed E-state index contributed by atoms with van der Waals surface area (Å²) in [6.07, 6.45) is 1.91. The first-order chi connectivity index (χ1) is 14.8. The predicted molar refractivity (Wildman–Crippen MR) is 124 cm³/mol. The molecule has 0 radical (unpaired) electrons. The van der Waals surface area contributed by atoms with Gasteiger partial charge < -0.3 is 4.74 Å². The molecule has 2 aromatic carbocycles. The number of hydrazone groups is 1. The van der Waals surface area contributed by atoms with Gasteiger partial charge in [-0.25, -0.2) is 4.68 Å². The molecular weight excluding hydrogens is 388 g/mol. The van der Waals surface area contributed by atoms with Crippen molar-refractivity contribution in [1.29, 1.82) is 0 Å². The zero-order valence-corrected chi connectivity index (χ0v) is 18.7. The van der Waals surface area contributed by atoms with Crippen LogP contribution in [-0.2, 0) is 4.79 Å². The van der Waals surface area contributed by atoms with Gasteiger partial charge in [-0.05, 0) is 76.6 Å². The Morgan fingerprint density at radius 2 is 1.68 bits per heavy atom. The van der Waals surface area contributed by atoms with Crippen molar-refractivity contribution in [3.63, 3.8) is 0 Å². The van der Waals surface area contributed by atoms with E-state index in [2.05, 4.69) is 37.1 Å². The summed E-state index contributed by atoms with van der Waals surface area (Å²) >= 11 is 0. The van der Waals surface area contributed by atoms with E-state index in [-0.39, 0.29) is 5.91 Å². The van der Waals surface area contributed by atoms with Crippen LogP contribution in [0.4, 0.5) is 5.69 Å². The fourth-order valence-electron chi connectivity index (χ4n) is 3.87. The molecule has 0 fully saturated rings. The number of benzene rings is 2. The first-order valence-electron chi connectivity index (χ1n) is 10.2. The minimum atomic E-state index is -0.152. The maximum atomic E-state index is 13.2. The number of nitrogens with zero attached hydrogens (tertiary/aromatic N) is 4. The molecule has 0 N–H and O–H groups in total. The number of hydrogen-bond donors (Lipinski definition) is 0. The summed E-state index contributed by atoms with van der Waals surface area (Å²) in [5.41, 5.74) is 8.16. The van der Waals surface area contributed by atoms with Crippen molar-refractivity contribution >= 4 is 23.4 Å². The third kappa shape index (κ3) is 3.65. The molecule has 3 aromatic rings. The molecule has 158 valence electrons. The van der Waals surface area contributed by atoms with Gasteiger partial charge >= 0.3 is 0 Å². The quantitative estimate of drug-likeness (QED) is 0.569. The second-order valence-corrected chi connectivity index (χ2v) is 7.84. The Morgan fingerprint density at radius 3 is 2.32 bits per heavy atom. The van der Waals surface area contributed by atoms with Gasteiger partial charge in [-0.1, -0.05) is 17.7 Å². The number of carbonyl (C=O) groups is 1. The molecule has 31 heavy (non-hydrogen) atoms. The average molecular weight is 415 g/mol. The number of anilines is 1. The van der Waals surface area contributed by atoms with Crippen LogP contribution in [0.2, 0.25) is 0 Å². The van der Waals surface area contributed by atoms with Gasteiger partial charge in [0.2, 0.25) is 0 Å². The van der Waals surface area contributed by atoms with E-state index < -0.39 is 0 Å². The number of carbonyl (C=O) groups excluding carboxylic acids is 1. The summed E-state index contributed by atoms with van der Waals surface area (Å²) in [7, 11) is 1.61. The van der Waals surface area contributed by atoms with E-state index in [1.165, 1.54) is 10.6 Å². The molecule has 1 aromatic heterocycles. The molecule has 1 amide bonds. The maximum absolute atomic E-state index is 13.2. The molecule has 0 saturated carbocycles. The molecule has 1 aliphatic rings. The highest BCUT2D eigenvalue weighted by atomic mass is 16.5. The highest BCUT2D eigenvalue weighted by Crippen LogP contribution is 2.29. The highest BCUT2D eigenvalue weighted by molar-refractivity contribution is 6.32. The second kappa shape index (κ2) is 7.87. The lowest BCUT2D eigenvalue weighted by Crippen LogP contribution is -2.21. The number of rotatable bonds is 4. The lowest BCUT2D eigenvalue weighted by molar-refractivity contribution is -0.114. The predicted octanol–water partition coefficient (Wildman–Crippen LogP) is 4.92. The van der Waals surface area contributed by atoms with E-state index in [9.17, 15) is 4.79 Å². The molecule has 6 nitrogen and oxygen atoms in total. The van der Waals surface area contributed by atoms with Gasteiger partial charge in [0, 0.05) is 11.3 Å². The third-order valence-corrected chi connectivity index (χ3v) is 5.60. The van der Waals surface area contributed by atoms with Crippen LogP contribution in [0.3, 0.4) is 0 Å². The van der Waals surface area contributed by atoms with Gasteiger partial charge in [0.1, 0.15) is 5.75 Å². The number of methoxy groups -OCH3 is 1. The Kier molecular flexibility index (Phi) is 5.23. The SMILES string of the molecule is COc1ccc(N2N=C(C)/C(=C/c3c(C)nn(-c4ccc(C)cc4C)c3C)C2=O)cc1. The summed E-state index contributed by atoms with van der Waals surface area (Å²) in [4.78, 5) is 13.2. The van der Waals surface area contributed by atoms with Crippen LogP contribution in [0.5, 0.6) is 5.75 Å². The minimum Gasteiger partial charge on any atom is -0.497 e. The number of hydrogen-bond acceptors (Lipinski definition) is 4. The zero-order valence-electron chi connectivity index (χ0n) is 18.7. The molecule has 0 atom stereocenters. The van der Waals surface area contributed by atoms with Gasteiger partial charge in [0.25, 0.3) is 5.91 Å². The van der Waals surface area contributed by atoms with Crippen LogP contribution in [0.25, 0.3) is 11.8 Å². The lowest BCUT2D eigenvalue weighted by atomic mass is 10.1. The minimum absolute atomic E-state index is 0.152. The van der Waals surface area contributed by atoms with E-state index in [1.54, 1.807) is 7.11 Å². The summed E-state index contributed by atoms with van der Waals surface area (Å²) in [5, 5.41) is 10.7. The smallest absolute Gasteiger partial charge is 0.280 e. The standard InChI is InChI=1S/C25H26N4O2/c1-15-7-12-24(16(2)13-15)28-19(5)22(17(3)26-28)14-23-18(4)27-29(25(23)30)20-8-10-21(31-6)11-9-20/h7-14H,1-6H3/b23-14-. The van der Waals surface area contributed by atoms with E-state index >= 15 is 0 Å². The first-order valence-corrected chi connectivity index (χ1v) is 10.2. The Balaban J connectivity index is 1.71. The van der Waals surface area contributed by atoms with Crippen LogP contribution in [0.1, 0.15) is 35.0 Å². The molecule has 6 heteroatoms. The normalized spacial score (nSPS) is 15.0. The van der Waals surface area contributed by atoms with Gasteiger partial charge in [0.05, 0.1) is 35.5 Å². The Morgan fingerprint density at radius 1 is 0.968 bits per heavy atom. The fourth-order valence-corrected chi connectivity index (χ4v) is 3.87. The van der Waals surface area contributed by atoms with E-state index in [1.807, 2.05) is 55.8 Å². The van der Waals surface area contributed by atoms with E-state index in [0.717, 1.165) is 34.0 Å². The van der Waals surface area contributed by atoms with Crippen LogP contribution in [-0.4, -0.2) is 28.5 Å². The van der Waals surface area contributed by atoms with E-state index in [4.69, 9.17) is 9.84 Å². The van der Waals surface area contributed by atoms with Gasteiger partial charge in [-0.3, -0.25) is 4.79 Å². The van der Waals surface area contributed by atoms with Crippen LogP contribution in [0, 0.1) is 27.7 Å². The molecule has 0 unspecified atom stereocenters. The fraction of sp³-hybridized carbons (Fsp3) is 0.240. The monoisotopic (exact) mass is 414 g/mol. The molecule has 0 aliphatic carbocycles. The van der Waals surface area contributed by atoms with Crippen LogP contribution in [0.15, 0.2) is 53.1 Å². The lowest BCUT2D eigenvalue weighted by Gasteiger charge is -2.12. The summed E-state index contributed by atoms with van der Waals surface area (Å²) in [6.45, 7) is 10.0. The van der Waals surface area contributed by atoms with Gasteiger partial charge in [-0.2, -0.15) is 15.2 Å².